The number of nitrogen functional groups attached to an aromatic ring is 1. The Labute approximate surface area is 267 Å². The van der Waals surface area contributed by atoms with Crippen LogP contribution in [0.2, 0.25) is 0 Å². The first-order valence-electron chi connectivity index (χ1n) is 8.29. The molecule has 1 amide bonds. The second kappa shape index (κ2) is 12.6. The van der Waals surface area contributed by atoms with Crippen molar-refractivity contribution in [3.05, 3.63) is 54.1 Å². The Kier molecular flexibility index (Phi) is 12.6. The minimum atomic E-state index is -4.85. The van der Waals surface area contributed by atoms with Gasteiger partial charge in [0.15, 0.2) is 0 Å². The van der Waals surface area contributed by atoms with Crippen molar-refractivity contribution in [1.82, 2.24) is 0 Å². The standard InChI is InChI=1S/C17H14N2O10S3.3Na.3H/c18-9-1-3-12(16(7-9)32(27,28)29)17(20)19-14-5-6-15(31(24,25)26)11-4-2-10(8-13(11)14)30(21,22)23;;;;;;/h1-8H,18H2,(H,19,20)(H,21,22,23)(H,24,25,26)(H,27,28,29);;;;;;. The third-order valence-corrected chi connectivity index (χ3v) is 6.96. The molecule has 0 unspecified atom stereocenters. The van der Waals surface area contributed by atoms with Gasteiger partial charge in [-0.15, -0.1) is 0 Å². The molecule has 176 valence electrons. The molecule has 0 aliphatic heterocycles. The molecule has 0 radical (unpaired) electrons. The van der Waals surface area contributed by atoms with Crippen LogP contribution in [0.5, 0.6) is 0 Å². The first-order valence-corrected chi connectivity index (χ1v) is 12.6. The first kappa shape index (κ1) is 34.9. The molecule has 0 bridgehead atoms. The maximum absolute atomic E-state index is 12.7. The van der Waals surface area contributed by atoms with Gasteiger partial charge in [0, 0.05) is 22.1 Å². The Balaban J connectivity index is 0.00000385. The van der Waals surface area contributed by atoms with Gasteiger partial charge in [-0.05, 0) is 42.5 Å². The van der Waals surface area contributed by atoms with E-state index < -0.39 is 56.5 Å². The first-order chi connectivity index (χ1) is 14.6. The van der Waals surface area contributed by atoms with Gasteiger partial charge in [-0.1, -0.05) is 6.07 Å². The van der Waals surface area contributed by atoms with Crippen molar-refractivity contribution in [2.75, 3.05) is 11.1 Å². The van der Waals surface area contributed by atoms with Crippen molar-refractivity contribution in [3.63, 3.8) is 0 Å². The molecular formula is C17H17N2Na3O10S3. The molecule has 3 aromatic carbocycles. The Hall–Kier alpha value is -0.0800. The van der Waals surface area contributed by atoms with Gasteiger partial charge in [-0.3, -0.25) is 18.5 Å². The molecule has 6 N–H and O–H groups in total. The van der Waals surface area contributed by atoms with Gasteiger partial charge >= 0.3 is 88.7 Å². The number of carbonyl (C=O) groups is 1. The monoisotopic (exact) mass is 574 g/mol. The van der Waals surface area contributed by atoms with Gasteiger partial charge in [-0.2, -0.15) is 25.3 Å². The van der Waals surface area contributed by atoms with E-state index in [1.165, 1.54) is 6.07 Å². The van der Waals surface area contributed by atoms with E-state index in [4.69, 9.17) is 5.73 Å². The third kappa shape index (κ3) is 8.20. The number of anilines is 2. The quantitative estimate of drug-likeness (QED) is 0.148. The molecule has 0 aliphatic rings. The summed E-state index contributed by atoms with van der Waals surface area (Å²) >= 11 is 0. The molecule has 0 aromatic heterocycles. The number of carbonyl (C=O) groups excluding carboxylic acids is 1. The summed E-state index contributed by atoms with van der Waals surface area (Å²) < 4.78 is 97.7. The SMILES string of the molecule is Nc1ccc(C(=O)Nc2ccc(S(=O)(=O)O)c3ccc(S(=O)(=O)O)cc23)c(S(=O)(=O)O)c1.[NaH].[NaH].[NaH]. The summed E-state index contributed by atoms with van der Waals surface area (Å²) in [7, 11) is -14.3. The summed E-state index contributed by atoms with van der Waals surface area (Å²) in [6.45, 7) is 0. The van der Waals surface area contributed by atoms with Crippen LogP contribution >= 0.6 is 0 Å². The van der Waals surface area contributed by atoms with Crippen LogP contribution < -0.4 is 11.1 Å². The number of fused-ring (bicyclic) bond motifs is 1. The van der Waals surface area contributed by atoms with Crippen LogP contribution in [0.25, 0.3) is 10.8 Å². The zero-order chi connectivity index (χ0) is 24.1. The molecule has 3 rings (SSSR count). The fraction of sp³-hybridized carbons (Fsp3) is 0. The van der Waals surface area contributed by atoms with E-state index in [-0.39, 0.29) is 111 Å². The third-order valence-electron chi connectivity index (χ3n) is 4.30. The van der Waals surface area contributed by atoms with Gasteiger partial charge in [0.2, 0.25) is 0 Å². The van der Waals surface area contributed by atoms with Crippen LogP contribution in [0.15, 0.2) is 63.2 Å². The van der Waals surface area contributed by atoms with Gasteiger partial charge in [-0.25, -0.2) is 0 Å². The zero-order valence-corrected chi connectivity index (χ0v) is 18.1. The predicted molar refractivity (Wildman–Crippen MR) is 134 cm³/mol. The van der Waals surface area contributed by atoms with E-state index in [1.54, 1.807) is 0 Å². The van der Waals surface area contributed by atoms with Crippen molar-refractivity contribution in [2.45, 2.75) is 14.7 Å². The molecule has 0 heterocycles. The van der Waals surface area contributed by atoms with Crippen LogP contribution in [0, 0.1) is 0 Å². The number of hydrogen-bond acceptors (Lipinski definition) is 8. The number of benzene rings is 3. The van der Waals surface area contributed by atoms with E-state index in [1.807, 2.05) is 0 Å². The van der Waals surface area contributed by atoms with Crippen LogP contribution in [0.3, 0.4) is 0 Å². The average molecular weight is 574 g/mol. The van der Waals surface area contributed by atoms with E-state index >= 15 is 0 Å². The van der Waals surface area contributed by atoms with E-state index in [2.05, 4.69) is 5.32 Å². The van der Waals surface area contributed by atoms with E-state index in [9.17, 15) is 43.7 Å². The van der Waals surface area contributed by atoms with Crippen LogP contribution in [-0.4, -0.2) is 133 Å². The van der Waals surface area contributed by atoms with Crippen LogP contribution in [0.4, 0.5) is 11.4 Å². The Morgan fingerprint density at radius 2 is 1.26 bits per heavy atom. The Morgan fingerprint density at radius 1 is 0.686 bits per heavy atom. The van der Waals surface area contributed by atoms with Gasteiger partial charge in [0.05, 0.1) is 10.5 Å². The topological polar surface area (TPSA) is 218 Å². The average Bonchev–Trinajstić information content (AvgIpc) is 2.65. The van der Waals surface area contributed by atoms with E-state index in [0.717, 1.165) is 42.5 Å². The van der Waals surface area contributed by atoms with Crippen LogP contribution in [0.1, 0.15) is 10.4 Å². The number of rotatable bonds is 5. The fourth-order valence-electron chi connectivity index (χ4n) is 2.92. The van der Waals surface area contributed by atoms with Crippen molar-refractivity contribution >= 4 is 147 Å². The normalized spacial score (nSPS) is 11.5. The molecule has 0 saturated heterocycles. The molecule has 0 atom stereocenters. The minimum absolute atomic E-state index is 0. The molecule has 0 aliphatic carbocycles. The predicted octanol–water partition coefficient (Wildman–Crippen LogP) is -0.531. The summed E-state index contributed by atoms with van der Waals surface area (Å²) in [5.74, 6) is -1.07. The summed E-state index contributed by atoms with van der Waals surface area (Å²) in [5, 5.41) is 1.86. The van der Waals surface area contributed by atoms with Crippen molar-refractivity contribution in [1.29, 1.82) is 0 Å². The Morgan fingerprint density at radius 3 is 1.77 bits per heavy atom. The summed E-state index contributed by atoms with van der Waals surface area (Å²) in [6, 6.07) is 7.72. The second-order valence-corrected chi connectivity index (χ2v) is 10.7. The molecule has 0 spiro atoms. The number of amides is 1. The van der Waals surface area contributed by atoms with Crippen molar-refractivity contribution in [3.8, 4) is 0 Å². The molecule has 18 heteroatoms. The van der Waals surface area contributed by atoms with Gasteiger partial charge < -0.3 is 11.1 Å². The molecule has 3 aromatic rings. The molecule has 35 heavy (non-hydrogen) atoms. The number of hydrogen-bond donors (Lipinski definition) is 5. The summed E-state index contributed by atoms with van der Waals surface area (Å²) in [6.07, 6.45) is 0. The van der Waals surface area contributed by atoms with Crippen molar-refractivity contribution in [2.24, 2.45) is 0 Å². The number of nitrogens with one attached hydrogen (secondary N) is 1. The fourth-order valence-corrected chi connectivity index (χ4v) is 4.85. The summed E-state index contributed by atoms with van der Waals surface area (Å²) in [5.41, 5.74) is 4.73. The Bertz CT molecular complexity index is 1610. The maximum atomic E-state index is 12.7. The zero-order valence-electron chi connectivity index (χ0n) is 15.6. The molecule has 0 saturated carbocycles. The molecular weight excluding hydrogens is 557 g/mol. The summed E-state index contributed by atoms with van der Waals surface area (Å²) in [4.78, 5) is 10.7. The van der Waals surface area contributed by atoms with Crippen molar-refractivity contribution < 1.29 is 43.7 Å². The number of nitrogens with two attached hydrogens (primary N) is 1. The van der Waals surface area contributed by atoms with E-state index in [0.29, 0.717) is 0 Å². The molecule has 12 nitrogen and oxygen atoms in total. The molecule has 0 fully saturated rings. The second-order valence-electron chi connectivity index (χ2n) is 6.45. The van der Waals surface area contributed by atoms with Gasteiger partial charge in [0.1, 0.15) is 9.79 Å². The van der Waals surface area contributed by atoms with Crippen LogP contribution in [-0.2, 0) is 30.4 Å². The van der Waals surface area contributed by atoms with Gasteiger partial charge in [0.25, 0.3) is 36.3 Å².